The van der Waals surface area contributed by atoms with Gasteiger partial charge in [0.1, 0.15) is 7.85 Å². The quantitative estimate of drug-likeness (QED) is 0.569. The van der Waals surface area contributed by atoms with Gasteiger partial charge >= 0.3 is 0 Å². The van der Waals surface area contributed by atoms with Gasteiger partial charge in [-0.05, 0) is 57.2 Å². The Balaban J connectivity index is 3.51. The highest BCUT2D eigenvalue weighted by molar-refractivity contribution is 7.94. The van der Waals surface area contributed by atoms with Crippen molar-refractivity contribution in [3.8, 4) is 0 Å². The van der Waals surface area contributed by atoms with Crippen molar-refractivity contribution in [1.29, 1.82) is 0 Å². The Kier molecular flexibility index (Phi) is 6.12. The molecule has 0 saturated carbocycles. The summed E-state index contributed by atoms with van der Waals surface area (Å²) in [4.78, 5) is 5.05. The molecule has 102 valence electrons. The normalized spacial score (nSPS) is 10.6. The van der Waals surface area contributed by atoms with Crippen molar-refractivity contribution in [2.75, 3.05) is 0 Å². The van der Waals surface area contributed by atoms with Crippen LogP contribution >= 0.6 is 12.1 Å². The summed E-state index contributed by atoms with van der Waals surface area (Å²) in [5.41, 5.74) is 5.33. The van der Waals surface area contributed by atoms with Gasteiger partial charge in [0.05, 0.1) is 22.7 Å². The average Bonchev–Trinajstić information content (AvgIpc) is 2.36. The Morgan fingerprint density at radius 3 is 2.37 bits per heavy atom. The number of unbranched alkanes of at least 4 members (excludes halogenated alkanes) is 1. The first-order chi connectivity index (χ1) is 8.93. The summed E-state index contributed by atoms with van der Waals surface area (Å²) in [7, 11) is 6.17. The van der Waals surface area contributed by atoms with Crippen LogP contribution < -0.4 is 5.46 Å². The fourth-order valence-corrected chi connectivity index (χ4v) is 2.67. The first-order valence-corrected chi connectivity index (χ1v) is 7.37. The molecule has 0 saturated heterocycles. The van der Waals surface area contributed by atoms with Crippen LogP contribution in [0.5, 0.6) is 0 Å². The zero-order valence-electron chi connectivity index (χ0n) is 12.4. The summed E-state index contributed by atoms with van der Waals surface area (Å²) in [6, 6.07) is 0. The van der Waals surface area contributed by atoms with Gasteiger partial charge in [-0.2, -0.15) is 3.89 Å². The predicted octanol–water partition coefficient (Wildman–Crippen LogP) is 4.53. The summed E-state index contributed by atoms with van der Waals surface area (Å²) in [6.45, 7) is 9.85. The van der Waals surface area contributed by atoms with Gasteiger partial charge in [-0.15, -0.1) is 0 Å². The third kappa shape index (κ3) is 3.62. The van der Waals surface area contributed by atoms with E-state index in [1.54, 1.807) is 0 Å². The molecule has 1 aromatic rings. The smallest absolute Gasteiger partial charge is 0.114 e. The minimum atomic E-state index is 0.238. The number of nitrogens with zero attached hydrogens (tertiary/aromatic N) is 1. The summed E-state index contributed by atoms with van der Waals surface area (Å²) in [5, 5.41) is 0. The SMILES string of the molecule is [B]c1c(C)c(SF)c(N=C(C)C)c(C)c1CCCC. The van der Waals surface area contributed by atoms with E-state index in [1.807, 2.05) is 27.7 Å². The molecule has 19 heavy (non-hydrogen) atoms. The maximum atomic E-state index is 13.2. The molecular weight excluding hydrogens is 256 g/mol. The highest BCUT2D eigenvalue weighted by Crippen LogP contribution is 2.37. The first-order valence-electron chi connectivity index (χ1n) is 6.65. The third-order valence-electron chi connectivity index (χ3n) is 3.29. The molecule has 0 aliphatic rings. The van der Waals surface area contributed by atoms with E-state index in [-0.39, 0.29) is 12.1 Å². The van der Waals surface area contributed by atoms with Gasteiger partial charge in [0.2, 0.25) is 0 Å². The number of halogens is 1. The van der Waals surface area contributed by atoms with E-state index in [9.17, 15) is 3.89 Å². The lowest BCUT2D eigenvalue weighted by molar-refractivity contribution is 0.792. The van der Waals surface area contributed by atoms with Gasteiger partial charge in [0, 0.05) is 5.71 Å². The molecule has 1 aromatic carbocycles. The lowest BCUT2D eigenvalue weighted by atomic mass is 9.81. The van der Waals surface area contributed by atoms with E-state index in [0.717, 1.165) is 52.8 Å². The van der Waals surface area contributed by atoms with E-state index in [4.69, 9.17) is 7.85 Å². The molecule has 2 radical (unpaired) electrons. The van der Waals surface area contributed by atoms with Gasteiger partial charge in [-0.3, -0.25) is 4.99 Å². The average molecular weight is 277 g/mol. The van der Waals surface area contributed by atoms with Gasteiger partial charge in [-0.25, -0.2) is 0 Å². The van der Waals surface area contributed by atoms with E-state index in [2.05, 4.69) is 11.9 Å². The minimum Gasteiger partial charge on any atom is -0.257 e. The first kappa shape index (κ1) is 16.3. The number of hydrogen-bond acceptors (Lipinski definition) is 2. The molecule has 0 atom stereocenters. The molecule has 0 N–H and O–H groups in total. The van der Waals surface area contributed by atoms with Crippen molar-refractivity contribution >= 4 is 36.9 Å². The van der Waals surface area contributed by atoms with Crippen LogP contribution in [0.2, 0.25) is 0 Å². The second-order valence-electron chi connectivity index (χ2n) is 5.06. The summed E-state index contributed by atoms with van der Waals surface area (Å²) in [5.74, 6) is 0. The number of rotatable bonds is 5. The molecule has 0 amide bonds. The van der Waals surface area contributed by atoms with Crippen LogP contribution in [-0.2, 0) is 6.42 Å². The third-order valence-corrected chi connectivity index (χ3v) is 3.94. The fourth-order valence-electron chi connectivity index (χ4n) is 2.17. The Morgan fingerprint density at radius 2 is 1.89 bits per heavy atom. The molecule has 0 heterocycles. The van der Waals surface area contributed by atoms with Gasteiger partial charge < -0.3 is 0 Å². The molecule has 0 unspecified atom stereocenters. The van der Waals surface area contributed by atoms with Crippen molar-refractivity contribution in [3.63, 3.8) is 0 Å². The van der Waals surface area contributed by atoms with E-state index >= 15 is 0 Å². The number of aliphatic imine (C=N–C) groups is 1. The topological polar surface area (TPSA) is 12.4 Å². The maximum absolute atomic E-state index is 13.2. The molecule has 4 heteroatoms. The monoisotopic (exact) mass is 277 g/mol. The molecule has 0 fully saturated rings. The summed E-state index contributed by atoms with van der Waals surface area (Å²) >= 11 is 0.238. The van der Waals surface area contributed by atoms with E-state index in [1.165, 1.54) is 0 Å². The second-order valence-corrected chi connectivity index (χ2v) is 5.62. The Labute approximate surface area is 121 Å². The Bertz CT molecular complexity index is 494. The van der Waals surface area contributed by atoms with Crippen molar-refractivity contribution < 1.29 is 3.89 Å². The molecule has 1 nitrogen and oxygen atoms in total. The number of benzene rings is 1. The zero-order chi connectivity index (χ0) is 14.6. The molecule has 0 bridgehead atoms. The highest BCUT2D eigenvalue weighted by atomic mass is 32.2. The van der Waals surface area contributed by atoms with Crippen LogP contribution in [0.4, 0.5) is 9.57 Å². The molecule has 0 spiro atoms. The minimum absolute atomic E-state index is 0.238. The Morgan fingerprint density at radius 1 is 1.26 bits per heavy atom. The second kappa shape index (κ2) is 7.13. The van der Waals surface area contributed by atoms with Gasteiger partial charge in [0.15, 0.2) is 0 Å². The molecule has 0 aliphatic heterocycles. The van der Waals surface area contributed by atoms with Crippen molar-refractivity contribution in [3.05, 3.63) is 16.7 Å². The van der Waals surface area contributed by atoms with Crippen molar-refractivity contribution in [2.24, 2.45) is 4.99 Å². The Hall–Kier alpha value is -0.765. The van der Waals surface area contributed by atoms with Crippen molar-refractivity contribution in [1.82, 2.24) is 0 Å². The molecule has 0 aromatic heterocycles. The van der Waals surface area contributed by atoms with Crippen LogP contribution in [0, 0.1) is 13.8 Å². The van der Waals surface area contributed by atoms with Crippen LogP contribution in [0.3, 0.4) is 0 Å². The zero-order valence-corrected chi connectivity index (χ0v) is 13.2. The number of hydrogen-bond donors (Lipinski definition) is 0. The lowest BCUT2D eigenvalue weighted by Crippen LogP contribution is -2.17. The van der Waals surface area contributed by atoms with Crippen LogP contribution in [0.15, 0.2) is 9.89 Å². The lowest BCUT2D eigenvalue weighted by Gasteiger charge is -2.18. The standard InChI is InChI=1S/C15H21BFNS/c1-6-7-8-12-10(4)14(18-9(2)3)15(19-17)11(5)13(12)16/h6-8H2,1-5H3. The predicted molar refractivity (Wildman–Crippen MR) is 85.3 cm³/mol. The van der Waals surface area contributed by atoms with Crippen molar-refractivity contribution in [2.45, 2.75) is 58.8 Å². The van der Waals surface area contributed by atoms with Gasteiger partial charge in [-0.1, -0.05) is 18.8 Å². The summed E-state index contributed by atoms with van der Waals surface area (Å²) < 4.78 is 13.2. The molecular formula is C15H21BFNS. The van der Waals surface area contributed by atoms with E-state index < -0.39 is 0 Å². The molecule has 0 aliphatic carbocycles. The maximum Gasteiger partial charge on any atom is 0.114 e. The van der Waals surface area contributed by atoms with Crippen LogP contribution in [0.1, 0.15) is 50.3 Å². The largest absolute Gasteiger partial charge is 0.257 e. The summed E-state index contributed by atoms with van der Waals surface area (Å²) in [6.07, 6.45) is 3.13. The van der Waals surface area contributed by atoms with Gasteiger partial charge in [0.25, 0.3) is 0 Å². The van der Waals surface area contributed by atoms with E-state index in [0.29, 0.717) is 4.90 Å². The van der Waals surface area contributed by atoms with Crippen LogP contribution in [-0.4, -0.2) is 13.6 Å². The van der Waals surface area contributed by atoms with Crippen LogP contribution in [0.25, 0.3) is 0 Å². The molecule has 1 rings (SSSR count). The highest BCUT2D eigenvalue weighted by Gasteiger charge is 2.17. The fraction of sp³-hybridized carbons (Fsp3) is 0.533.